The molecule has 2 aromatic rings. The van der Waals surface area contributed by atoms with Crippen molar-refractivity contribution in [1.29, 1.82) is 0 Å². The van der Waals surface area contributed by atoms with Gasteiger partial charge in [-0.1, -0.05) is 11.6 Å². The maximum Gasteiger partial charge on any atom is 0.307 e. The van der Waals surface area contributed by atoms with E-state index < -0.39 is 0 Å². The average Bonchev–Trinajstić information content (AvgIpc) is 2.46. The average molecular weight is 314 g/mol. The Hall–Kier alpha value is -2.43. The Bertz CT molecular complexity index is 738. The molecule has 0 aliphatic rings. The van der Waals surface area contributed by atoms with Crippen LogP contribution in [0.4, 0.5) is 0 Å². The number of esters is 1. The third-order valence-corrected chi connectivity index (χ3v) is 3.32. The number of nitrogens with zero attached hydrogens (tertiary/aromatic N) is 1. The molecule has 1 heterocycles. The molecule has 1 aromatic heterocycles. The lowest BCUT2D eigenvalue weighted by atomic mass is 10.0. The van der Waals surface area contributed by atoms with Crippen LogP contribution in [0.2, 0.25) is 0 Å². The van der Waals surface area contributed by atoms with E-state index in [1.165, 1.54) is 0 Å². The summed E-state index contributed by atoms with van der Waals surface area (Å²) in [6.45, 7) is 7.67. The van der Waals surface area contributed by atoms with Gasteiger partial charge in [-0.05, 0) is 45.9 Å². The number of hydrogen-bond acceptors (Lipinski definition) is 4. The van der Waals surface area contributed by atoms with Gasteiger partial charge in [0, 0.05) is 17.6 Å². The summed E-state index contributed by atoms with van der Waals surface area (Å²) < 4.78 is 5.04. The number of amides is 1. The molecule has 1 aromatic carbocycles. The van der Waals surface area contributed by atoms with Gasteiger partial charge in [0.05, 0.1) is 23.6 Å². The summed E-state index contributed by atoms with van der Waals surface area (Å²) >= 11 is 0. The van der Waals surface area contributed by atoms with Crippen LogP contribution in [-0.2, 0) is 9.53 Å². The minimum Gasteiger partial charge on any atom is -0.463 e. The zero-order valence-corrected chi connectivity index (χ0v) is 14.0. The maximum absolute atomic E-state index is 12.4. The predicted molar refractivity (Wildman–Crippen MR) is 89.4 cm³/mol. The normalized spacial score (nSPS) is 10.8. The van der Waals surface area contributed by atoms with E-state index >= 15 is 0 Å². The first-order chi connectivity index (χ1) is 10.9. The van der Waals surface area contributed by atoms with E-state index in [-0.39, 0.29) is 30.9 Å². The molecule has 1 amide bonds. The number of aromatic nitrogens is 1. The zero-order valence-electron chi connectivity index (χ0n) is 14.0. The molecule has 0 atom stereocenters. The fourth-order valence-corrected chi connectivity index (χ4v) is 2.36. The number of ether oxygens (including phenoxy) is 1. The van der Waals surface area contributed by atoms with E-state index in [9.17, 15) is 9.59 Å². The Morgan fingerprint density at radius 3 is 2.65 bits per heavy atom. The molecule has 122 valence electrons. The fraction of sp³-hybridized carbons (Fsp3) is 0.389. The molecule has 23 heavy (non-hydrogen) atoms. The number of pyridine rings is 1. The molecule has 0 saturated heterocycles. The molecule has 5 nitrogen and oxygen atoms in total. The van der Waals surface area contributed by atoms with Crippen LogP contribution in [0.1, 0.15) is 41.9 Å². The zero-order chi connectivity index (χ0) is 17.0. The Labute approximate surface area is 136 Å². The Balaban J connectivity index is 2.12. The van der Waals surface area contributed by atoms with Gasteiger partial charge in [0.1, 0.15) is 0 Å². The minimum absolute atomic E-state index is 0.145. The summed E-state index contributed by atoms with van der Waals surface area (Å²) in [5, 5.41) is 3.59. The summed E-state index contributed by atoms with van der Waals surface area (Å²) in [6, 6.07) is 7.60. The highest BCUT2D eigenvalue weighted by atomic mass is 16.5. The molecule has 0 spiro atoms. The van der Waals surface area contributed by atoms with Crippen molar-refractivity contribution >= 4 is 22.8 Å². The Morgan fingerprint density at radius 2 is 1.96 bits per heavy atom. The van der Waals surface area contributed by atoms with E-state index in [1.807, 2.05) is 32.0 Å². The van der Waals surface area contributed by atoms with Crippen molar-refractivity contribution in [1.82, 2.24) is 10.3 Å². The molecule has 0 aliphatic carbocycles. The lowest BCUT2D eigenvalue weighted by Gasteiger charge is -2.10. The number of nitrogens with one attached hydrogen (secondary N) is 1. The molecular weight excluding hydrogens is 292 g/mol. The summed E-state index contributed by atoms with van der Waals surface area (Å²) in [6.07, 6.45) is 0.0123. The third-order valence-electron chi connectivity index (χ3n) is 3.32. The summed E-state index contributed by atoms with van der Waals surface area (Å²) in [5.41, 5.74) is 3.22. The van der Waals surface area contributed by atoms with Crippen LogP contribution in [0, 0.1) is 13.8 Å². The third kappa shape index (κ3) is 4.52. The quantitative estimate of drug-likeness (QED) is 0.862. The number of carbonyl (C=O) groups is 2. The van der Waals surface area contributed by atoms with Crippen molar-refractivity contribution in [3.05, 3.63) is 41.1 Å². The van der Waals surface area contributed by atoms with Crippen molar-refractivity contribution in [3.63, 3.8) is 0 Å². The SMILES string of the molecule is Cc1ccc2nc(C)cc(C(=O)NCCC(=O)OC(C)C)c2c1. The molecule has 0 saturated carbocycles. The second-order valence-corrected chi connectivity index (χ2v) is 5.88. The van der Waals surface area contributed by atoms with Crippen molar-refractivity contribution in [3.8, 4) is 0 Å². The lowest BCUT2D eigenvalue weighted by molar-refractivity contribution is -0.147. The van der Waals surface area contributed by atoms with Crippen LogP contribution in [0.5, 0.6) is 0 Å². The standard InChI is InChI=1S/C18H22N2O3/c1-11(2)23-17(21)7-8-19-18(22)15-10-13(4)20-16-6-5-12(3)9-14(15)16/h5-6,9-11H,7-8H2,1-4H3,(H,19,22). The second-order valence-electron chi connectivity index (χ2n) is 5.88. The summed E-state index contributed by atoms with van der Waals surface area (Å²) in [5.74, 6) is -0.518. The smallest absolute Gasteiger partial charge is 0.307 e. The van der Waals surface area contributed by atoms with Gasteiger partial charge in [-0.15, -0.1) is 0 Å². The van der Waals surface area contributed by atoms with Gasteiger partial charge >= 0.3 is 5.97 Å². The summed E-state index contributed by atoms with van der Waals surface area (Å²) in [7, 11) is 0. The first-order valence-corrected chi connectivity index (χ1v) is 7.72. The fourth-order valence-electron chi connectivity index (χ4n) is 2.36. The highest BCUT2D eigenvalue weighted by Gasteiger charge is 2.13. The number of rotatable bonds is 5. The number of benzene rings is 1. The second kappa shape index (κ2) is 7.22. The molecule has 5 heteroatoms. The van der Waals surface area contributed by atoms with Gasteiger partial charge in [-0.3, -0.25) is 14.6 Å². The van der Waals surface area contributed by atoms with Crippen molar-refractivity contribution in [2.24, 2.45) is 0 Å². The van der Waals surface area contributed by atoms with E-state index in [1.54, 1.807) is 19.9 Å². The topological polar surface area (TPSA) is 68.3 Å². The summed E-state index contributed by atoms with van der Waals surface area (Å²) in [4.78, 5) is 28.4. The van der Waals surface area contributed by atoms with Gasteiger partial charge in [-0.25, -0.2) is 0 Å². The van der Waals surface area contributed by atoms with Gasteiger partial charge in [0.2, 0.25) is 0 Å². The van der Waals surface area contributed by atoms with Crippen LogP contribution in [0.25, 0.3) is 10.9 Å². The van der Waals surface area contributed by atoms with Gasteiger partial charge in [0.25, 0.3) is 5.91 Å². The largest absolute Gasteiger partial charge is 0.463 e. The first-order valence-electron chi connectivity index (χ1n) is 7.72. The number of carbonyl (C=O) groups excluding carboxylic acids is 2. The van der Waals surface area contributed by atoms with Crippen molar-refractivity contribution in [2.75, 3.05) is 6.54 Å². The van der Waals surface area contributed by atoms with Crippen LogP contribution in [0.3, 0.4) is 0 Å². The number of fused-ring (bicyclic) bond motifs is 1. The van der Waals surface area contributed by atoms with Crippen LogP contribution in [0.15, 0.2) is 24.3 Å². The maximum atomic E-state index is 12.4. The Morgan fingerprint density at radius 1 is 1.22 bits per heavy atom. The molecule has 2 rings (SSSR count). The molecule has 0 fully saturated rings. The highest BCUT2D eigenvalue weighted by molar-refractivity contribution is 6.06. The molecule has 0 radical (unpaired) electrons. The molecule has 0 unspecified atom stereocenters. The van der Waals surface area contributed by atoms with Gasteiger partial charge in [0.15, 0.2) is 0 Å². The lowest BCUT2D eigenvalue weighted by Crippen LogP contribution is -2.27. The van der Waals surface area contributed by atoms with Gasteiger partial charge < -0.3 is 10.1 Å². The molecule has 1 N–H and O–H groups in total. The van der Waals surface area contributed by atoms with Gasteiger partial charge in [-0.2, -0.15) is 0 Å². The van der Waals surface area contributed by atoms with E-state index in [0.29, 0.717) is 5.56 Å². The first kappa shape index (κ1) is 16.9. The predicted octanol–water partition coefficient (Wildman–Crippen LogP) is 2.92. The van der Waals surface area contributed by atoms with Crippen LogP contribution in [-0.4, -0.2) is 29.5 Å². The molecular formula is C18H22N2O3. The number of aryl methyl sites for hydroxylation is 2. The van der Waals surface area contributed by atoms with E-state index in [2.05, 4.69) is 10.3 Å². The van der Waals surface area contributed by atoms with Crippen LogP contribution >= 0.6 is 0 Å². The van der Waals surface area contributed by atoms with E-state index in [4.69, 9.17) is 4.74 Å². The van der Waals surface area contributed by atoms with Crippen molar-refractivity contribution in [2.45, 2.75) is 40.2 Å². The minimum atomic E-state index is -0.313. The molecule has 0 bridgehead atoms. The van der Waals surface area contributed by atoms with Crippen LogP contribution < -0.4 is 5.32 Å². The van der Waals surface area contributed by atoms with E-state index in [0.717, 1.165) is 22.2 Å². The van der Waals surface area contributed by atoms with Crippen molar-refractivity contribution < 1.29 is 14.3 Å². The number of hydrogen-bond donors (Lipinski definition) is 1. The highest BCUT2D eigenvalue weighted by Crippen LogP contribution is 2.20. The molecule has 0 aliphatic heterocycles. The monoisotopic (exact) mass is 314 g/mol. The Kier molecular flexibility index (Phi) is 5.32.